The second kappa shape index (κ2) is 7.73. The van der Waals surface area contributed by atoms with Gasteiger partial charge in [-0.25, -0.2) is 4.39 Å². The van der Waals surface area contributed by atoms with Crippen molar-refractivity contribution in [2.75, 3.05) is 13.2 Å². The Balaban J connectivity index is 2.83. The highest BCUT2D eigenvalue weighted by atomic mass is 19.1. The molecule has 0 heterocycles. The smallest absolute Gasteiger partial charge is 0.149 e. The van der Waals surface area contributed by atoms with Gasteiger partial charge in [0.2, 0.25) is 0 Å². The number of hydrogen-bond donors (Lipinski definition) is 1. The first-order valence-corrected chi connectivity index (χ1v) is 6.24. The van der Waals surface area contributed by atoms with E-state index >= 15 is 0 Å². The van der Waals surface area contributed by atoms with E-state index in [2.05, 4.69) is 24.1 Å². The average molecular weight is 249 g/mol. The van der Waals surface area contributed by atoms with E-state index in [1.165, 1.54) is 12.1 Å². The third kappa shape index (κ3) is 4.38. The topological polar surface area (TPSA) is 21.3 Å². The van der Waals surface area contributed by atoms with Crippen molar-refractivity contribution in [1.82, 2.24) is 5.32 Å². The molecule has 98 valence electrons. The fourth-order valence-electron chi connectivity index (χ4n) is 1.65. The minimum absolute atomic E-state index is 0.0604. The van der Waals surface area contributed by atoms with Crippen LogP contribution in [0.25, 0.3) is 0 Å². The molecule has 0 saturated heterocycles. The van der Waals surface area contributed by atoms with Crippen LogP contribution >= 0.6 is 0 Å². The molecule has 0 spiro atoms. The SMILES string of the molecule is CC#CCOc1ccc(F)cc1C(C)NCCC. The Hall–Kier alpha value is -1.53. The second-order valence-electron chi connectivity index (χ2n) is 4.07. The lowest BCUT2D eigenvalue weighted by molar-refractivity contribution is 0.359. The summed E-state index contributed by atoms with van der Waals surface area (Å²) in [7, 11) is 0. The van der Waals surface area contributed by atoms with E-state index in [1.807, 2.05) is 6.92 Å². The van der Waals surface area contributed by atoms with E-state index in [-0.39, 0.29) is 11.9 Å². The van der Waals surface area contributed by atoms with Gasteiger partial charge >= 0.3 is 0 Å². The summed E-state index contributed by atoms with van der Waals surface area (Å²) >= 11 is 0. The van der Waals surface area contributed by atoms with Gasteiger partial charge < -0.3 is 10.1 Å². The van der Waals surface area contributed by atoms with Gasteiger partial charge in [0.25, 0.3) is 0 Å². The van der Waals surface area contributed by atoms with Gasteiger partial charge in [0.15, 0.2) is 0 Å². The molecule has 18 heavy (non-hydrogen) atoms. The van der Waals surface area contributed by atoms with Gasteiger partial charge in [-0.3, -0.25) is 0 Å². The summed E-state index contributed by atoms with van der Waals surface area (Å²) in [6.45, 7) is 7.09. The number of benzene rings is 1. The van der Waals surface area contributed by atoms with Crippen molar-refractivity contribution in [2.24, 2.45) is 0 Å². The van der Waals surface area contributed by atoms with Crippen LogP contribution in [0, 0.1) is 17.7 Å². The highest BCUT2D eigenvalue weighted by Crippen LogP contribution is 2.26. The largest absolute Gasteiger partial charge is 0.481 e. The minimum Gasteiger partial charge on any atom is -0.481 e. The van der Waals surface area contributed by atoms with E-state index in [9.17, 15) is 4.39 Å². The molecule has 0 aromatic heterocycles. The first-order valence-electron chi connectivity index (χ1n) is 6.24. The molecular formula is C15H20FNO. The van der Waals surface area contributed by atoms with Gasteiger partial charge in [-0.1, -0.05) is 12.8 Å². The van der Waals surface area contributed by atoms with Crippen LogP contribution in [0.5, 0.6) is 5.75 Å². The monoisotopic (exact) mass is 249 g/mol. The molecular weight excluding hydrogens is 229 g/mol. The molecule has 1 unspecified atom stereocenters. The van der Waals surface area contributed by atoms with Crippen LogP contribution in [0.4, 0.5) is 4.39 Å². The van der Waals surface area contributed by atoms with Gasteiger partial charge in [-0.05, 0) is 45.0 Å². The summed E-state index contributed by atoms with van der Waals surface area (Å²) < 4.78 is 18.9. The number of hydrogen-bond acceptors (Lipinski definition) is 2. The highest BCUT2D eigenvalue weighted by molar-refractivity contribution is 5.36. The predicted octanol–water partition coefficient (Wildman–Crippen LogP) is 3.29. The highest BCUT2D eigenvalue weighted by Gasteiger charge is 2.12. The Bertz CT molecular complexity index is 434. The third-order valence-corrected chi connectivity index (χ3v) is 2.62. The lowest BCUT2D eigenvalue weighted by Gasteiger charge is -2.17. The first kappa shape index (κ1) is 14.5. The zero-order chi connectivity index (χ0) is 13.4. The predicted molar refractivity (Wildman–Crippen MR) is 72.1 cm³/mol. The number of ether oxygens (including phenoxy) is 1. The molecule has 1 aromatic rings. The molecule has 1 N–H and O–H groups in total. The summed E-state index contributed by atoms with van der Waals surface area (Å²) in [6.07, 6.45) is 1.04. The van der Waals surface area contributed by atoms with E-state index in [1.54, 1.807) is 13.0 Å². The molecule has 0 aliphatic rings. The second-order valence-corrected chi connectivity index (χ2v) is 4.07. The Morgan fingerprint density at radius 3 is 2.89 bits per heavy atom. The molecule has 0 saturated carbocycles. The van der Waals surface area contributed by atoms with Gasteiger partial charge in [-0.2, -0.15) is 0 Å². The quantitative estimate of drug-likeness (QED) is 0.781. The lowest BCUT2D eigenvalue weighted by atomic mass is 10.1. The Kier molecular flexibility index (Phi) is 6.24. The molecule has 0 radical (unpaired) electrons. The van der Waals surface area contributed by atoms with Crippen LogP contribution in [0.2, 0.25) is 0 Å². The third-order valence-electron chi connectivity index (χ3n) is 2.62. The maximum absolute atomic E-state index is 13.3. The van der Waals surface area contributed by atoms with Crippen molar-refractivity contribution in [2.45, 2.75) is 33.2 Å². The van der Waals surface area contributed by atoms with Crippen molar-refractivity contribution in [1.29, 1.82) is 0 Å². The molecule has 0 fully saturated rings. The number of halogens is 1. The zero-order valence-corrected chi connectivity index (χ0v) is 11.2. The molecule has 0 bridgehead atoms. The summed E-state index contributed by atoms with van der Waals surface area (Å²) in [5, 5.41) is 3.32. The van der Waals surface area contributed by atoms with Crippen LogP contribution in [0.1, 0.15) is 38.8 Å². The zero-order valence-electron chi connectivity index (χ0n) is 11.2. The summed E-state index contributed by atoms with van der Waals surface area (Å²) in [5.41, 5.74) is 0.835. The molecule has 1 atom stereocenters. The Labute approximate surface area is 109 Å². The van der Waals surface area contributed by atoms with Crippen LogP contribution in [0.15, 0.2) is 18.2 Å². The van der Waals surface area contributed by atoms with Crippen LogP contribution in [-0.2, 0) is 0 Å². The molecule has 3 heteroatoms. The standard InChI is InChI=1S/C15H20FNO/c1-4-6-10-18-15-8-7-13(16)11-14(15)12(3)17-9-5-2/h7-8,11-12,17H,5,9-10H2,1-3H3. The van der Waals surface area contributed by atoms with Gasteiger partial charge in [0.05, 0.1) is 0 Å². The number of rotatable bonds is 6. The molecule has 0 aliphatic heterocycles. The fourth-order valence-corrected chi connectivity index (χ4v) is 1.65. The van der Waals surface area contributed by atoms with Crippen LogP contribution < -0.4 is 10.1 Å². The molecule has 1 rings (SSSR count). The average Bonchev–Trinajstić information content (AvgIpc) is 2.38. The summed E-state index contributed by atoms with van der Waals surface area (Å²) in [6, 6.07) is 4.64. The van der Waals surface area contributed by atoms with Crippen LogP contribution in [-0.4, -0.2) is 13.2 Å². The van der Waals surface area contributed by atoms with Gasteiger partial charge in [-0.15, -0.1) is 5.92 Å². The summed E-state index contributed by atoms with van der Waals surface area (Å²) in [4.78, 5) is 0. The number of nitrogens with one attached hydrogen (secondary N) is 1. The van der Waals surface area contributed by atoms with Gasteiger partial charge in [0, 0.05) is 11.6 Å². The van der Waals surface area contributed by atoms with Crippen molar-refractivity contribution in [3.8, 4) is 17.6 Å². The lowest BCUT2D eigenvalue weighted by Crippen LogP contribution is -2.20. The fraction of sp³-hybridized carbons (Fsp3) is 0.467. The van der Waals surface area contributed by atoms with Crippen molar-refractivity contribution < 1.29 is 9.13 Å². The van der Waals surface area contributed by atoms with E-state index in [0.29, 0.717) is 12.4 Å². The Morgan fingerprint density at radius 1 is 1.44 bits per heavy atom. The molecule has 0 amide bonds. The van der Waals surface area contributed by atoms with Crippen LogP contribution in [0.3, 0.4) is 0 Å². The maximum Gasteiger partial charge on any atom is 0.149 e. The molecule has 0 aliphatic carbocycles. The van der Waals surface area contributed by atoms with E-state index in [0.717, 1.165) is 18.5 Å². The minimum atomic E-state index is -0.246. The van der Waals surface area contributed by atoms with Gasteiger partial charge in [0.1, 0.15) is 18.2 Å². The first-order chi connectivity index (χ1) is 8.69. The van der Waals surface area contributed by atoms with Crippen molar-refractivity contribution in [3.63, 3.8) is 0 Å². The summed E-state index contributed by atoms with van der Waals surface area (Å²) in [5.74, 6) is 6.05. The van der Waals surface area contributed by atoms with E-state index < -0.39 is 0 Å². The molecule has 2 nitrogen and oxygen atoms in total. The molecule has 1 aromatic carbocycles. The Morgan fingerprint density at radius 2 is 2.22 bits per heavy atom. The van der Waals surface area contributed by atoms with Crippen molar-refractivity contribution in [3.05, 3.63) is 29.6 Å². The van der Waals surface area contributed by atoms with E-state index in [4.69, 9.17) is 4.74 Å². The van der Waals surface area contributed by atoms with Crippen molar-refractivity contribution >= 4 is 0 Å². The maximum atomic E-state index is 13.3. The normalized spacial score (nSPS) is 11.6.